The second kappa shape index (κ2) is 9.82. The van der Waals surface area contributed by atoms with Crippen LogP contribution >= 0.6 is 11.8 Å². The molecule has 7 heteroatoms. The van der Waals surface area contributed by atoms with Crippen LogP contribution in [0.15, 0.2) is 87.6 Å². The number of halogens is 1. The number of allylic oxidation sites excluding steroid dienone is 1. The second-order valence-corrected chi connectivity index (χ2v) is 9.82. The van der Waals surface area contributed by atoms with Crippen LogP contribution in [0.2, 0.25) is 0 Å². The van der Waals surface area contributed by atoms with Crippen LogP contribution < -0.4 is 5.32 Å². The van der Waals surface area contributed by atoms with Crippen LogP contribution in [0.3, 0.4) is 0 Å². The van der Waals surface area contributed by atoms with Gasteiger partial charge in [-0.2, -0.15) is 5.26 Å². The molecule has 3 aromatic rings. The molecule has 0 fully saturated rings. The first-order chi connectivity index (χ1) is 14.8. The molecule has 0 unspecified atom stereocenters. The molecule has 158 valence electrons. The SMILES string of the molecule is Cc1ccc(C)c(N/C(SCc2cccc(F)c2)=C(/C#N)S(=O)(=O)c2ccccc2)c1. The topological polar surface area (TPSA) is 70.0 Å². The van der Waals surface area contributed by atoms with Crippen molar-refractivity contribution in [1.82, 2.24) is 0 Å². The summed E-state index contributed by atoms with van der Waals surface area (Å²) in [6, 6.07) is 21.6. The molecule has 0 aromatic heterocycles. The number of hydrogen-bond donors (Lipinski definition) is 1. The molecule has 3 aromatic carbocycles. The Morgan fingerprint density at radius 1 is 1.03 bits per heavy atom. The van der Waals surface area contributed by atoms with Crippen molar-refractivity contribution in [3.05, 3.63) is 105 Å². The van der Waals surface area contributed by atoms with Gasteiger partial charge in [0.15, 0.2) is 4.91 Å². The summed E-state index contributed by atoms with van der Waals surface area (Å²) in [4.78, 5) is -0.334. The third-order valence-corrected chi connectivity index (χ3v) is 7.47. The first kappa shape index (κ1) is 22.6. The molecule has 0 aliphatic rings. The Labute approximate surface area is 186 Å². The van der Waals surface area contributed by atoms with Gasteiger partial charge in [-0.1, -0.05) is 42.5 Å². The smallest absolute Gasteiger partial charge is 0.219 e. The maximum Gasteiger partial charge on any atom is 0.219 e. The fraction of sp³-hybridized carbons (Fsp3) is 0.125. The number of nitrogens with one attached hydrogen (secondary N) is 1. The fourth-order valence-corrected chi connectivity index (χ4v) is 5.41. The minimum absolute atomic E-state index is 0.0400. The highest BCUT2D eigenvalue weighted by Crippen LogP contribution is 2.32. The monoisotopic (exact) mass is 452 g/mol. The summed E-state index contributed by atoms with van der Waals surface area (Å²) < 4.78 is 40.0. The molecule has 0 radical (unpaired) electrons. The molecule has 0 saturated heterocycles. The van der Waals surface area contributed by atoms with Gasteiger partial charge in [0, 0.05) is 11.4 Å². The second-order valence-electron chi connectivity index (χ2n) is 6.95. The number of rotatable bonds is 7. The summed E-state index contributed by atoms with van der Waals surface area (Å²) in [5.41, 5.74) is 3.29. The number of nitrogens with zero attached hydrogens (tertiary/aromatic N) is 1. The van der Waals surface area contributed by atoms with Gasteiger partial charge < -0.3 is 5.32 Å². The molecule has 0 aliphatic heterocycles. The van der Waals surface area contributed by atoms with Gasteiger partial charge in [-0.15, -0.1) is 11.8 Å². The predicted octanol–water partition coefficient (Wildman–Crippen LogP) is 5.95. The molecule has 0 aliphatic carbocycles. The van der Waals surface area contributed by atoms with E-state index in [0.29, 0.717) is 17.0 Å². The van der Waals surface area contributed by atoms with Crippen LogP contribution in [-0.2, 0) is 15.6 Å². The highest BCUT2D eigenvalue weighted by Gasteiger charge is 2.25. The molecule has 4 nitrogen and oxygen atoms in total. The van der Waals surface area contributed by atoms with E-state index in [1.54, 1.807) is 30.3 Å². The summed E-state index contributed by atoms with van der Waals surface area (Å²) in [6.07, 6.45) is 0. The molecule has 1 N–H and O–H groups in total. The van der Waals surface area contributed by atoms with Gasteiger partial charge in [-0.25, -0.2) is 12.8 Å². The number of sulfone groups is 1. The van der Waals surface area contributed by atoms with Gasteiger partial charge in [0.1, 0.15) is 16.9 Å². The lowest BCUT2D eigenvalue weighted by molar-refractivity contribution is 0.603. The van der Waals surface area contributed by atoms with Crippen molar-refractivity contribution in [2.24, 2.45) is 0 Å². The molecule has 0 saturated carbocycles. The number of nitriles is 1. The Bertz CT molecular complexity index is 1260. The number of benzene rings is 3. The maximum atomic E-state index is 13.6. The molecule has 0 amide bonds. The predicted molar refractivity (Wildman–Crippen MR) is 124 cm³/mol. The van der Waals surface area contributed by atoms with E-state index in [4.69, 9.17) is 0 Å². The van der Waals surface area contributed by atoms with E-state index in [1.807, 2.05) is 38.1 Å². The Morgan fingerprint density at radius 3 is 2.45 bits per heavy atom. The minimum Gasteiger partial charge on any atom is -0.348 e. The Kier molecular flexibility index (Phi) is 7.16. The fourth-order valence-electron chi connectivity index (χ4n) is 2.88. The molecule has 0 bridgehead atoms. The minimum atomic E-state index is -4.04. The van der Waals surface area contributed by atoms with Crippen LogP contribution in [0.5, 0.6) is 0 Å². The summed E-state index contributed by atoms with van der Waals surface area (Å²) >= 11 is 1.15. The van der Waals surface area contributed by atoms with E-state index < -0.39 is 9.84 Å². The molecule has 3 rings (SSSR count). The lowest BCUT2D eigenvalue weighted by Crippen LogP contribution is -2.11. The summed E-state index contributed by atoms with van der Waals surface area (Å²) in [5.74, 6) is -0.0796. The van der Waals surface area contributed by atoms with E-state index in [0.717, 1.165) is 22.9 Å². The van der Waals surface area contributed by atoms with Crippen LogP contribution in [0.25, 0.3) is 0 Å². The average Bonchev–Trinajstić information content (AvgIpc) is 2.75. The van der Waals surface area contributed by atoms with Crippen LogP contribution in [-0.4, -0.2) is 8.42 Å². The van der Waals surface area contributed by atoms with Crippen molar-refractivity contribution >= 4 is 27.3 Å². The van der Waals surface area contributed by atoms with Crippen molar-refractivity contribution in [3.63, 3.8) is 0 Å². The molecular weight excluding hydrogens is 431 g/mol. The van der Waals surface area contributed by atoms with Gasteiger partial charge in [0.25, 0.3) is 0 Å². The van der Waals surface area contributed by atoms with Gasteiger partial charge in [0.2, 0.25) is 9.84 Å². The van der Waals surface area contributed by atoms with Crippen molar-refractivity contribution < 1.29 is 12.8 Å². The Balaban J connectivity index is 2.08. The highest BCUT2D eigenvalue weighted by atomic mass is 32.2. The van der Waals surface area contributed by atoms with Crippen molar-refractivity contribution in [2.75, 3.05) is 5.32 Å². The normalized spacial score (nSPS) is 12.1. The Morgan fingerprint density at radius 2 is 1.77 bits per heavy atom. The first-order valence-corrected chi connectivity index (χ1v) is 11.9. The number of hydrogen-bond acceptors (Lipinski definition) is 5. The summed E-state index contributed by atoms with van der Waals surface area (Å²) in [5, 5.41) is 13.2. The van der Waals surface area contributed by atoms with Crippen LogP contribution in [0.1, 0.15) is 16.7 Å². The third-order valence-electron chi connectivity index (χ3n) is 4.54. The van der Waals surface area contributed by atoms with Crippen molar-refractivity contribution in [2.45, 2.75) is 24.5 Å². The van der Waals surface area contributed by atoms with Gasteiger partial charge in [-0.05, 0) is 60.9 Å². The Hall–Kier alpha value is -3.08. The van der Waals surface area contributed by atoms with E-state index in [1.165, 1.54) is 24.3 Å². The maximum absolute atomic E-state index is 13.6. The average molecular weight is 453 g/mol. The van der Waals surface area contributed by atoms with E-state index in [2.05, 4.69) is 5.32 Å². The summed E-state index contributed by atoms with van der Waals surface area (Å²) in [6.45, 7) is 3.83. The molecule has 0 spiro atoms. The van der Waals surface area contributed by atoms with Crippen molar-refractivity contribution in [3.8, 4) is 6.07 Å². The first-order valence-electron chi connectivity index (χ1n) is 9.47. The van der Waals surface area contributed by atoms with Gasteiger partial charge in [0.05, 0.1) is 4.90 Å². The number of thioether (sulfide) groups is 1. The largest absolute Gasteiger partial charge is 0.348 e. The number of aryl methyl sites for hydroxylation is 2. The third kappa shape index (κ3) is 5.54. The quantitative estimate of drug-likeness (QED) is 0.448. The zero-order valence-electron chi connectivity index (χ0n) is 17.1. The van der Waals surface area contributed by atoms with Crippen molar-refractivity contribution in [1.29, 1.82) is 5.26 Å². The zero-order chi connectivity index (χ0) is 22.4. The molecule has 31 heavy (non-hydrogen) atoms. The van der Waals surface area contributed by atoms with Crippen LogP contribution in [0.4, 0.5) is 10.1 Å². The van der Waals surface area contributed by atoms with E-state index >= 15 is 0 Å². The lowest BCUT2D eigenvalue weighted by atomic mass is 10.1. The summed E-state index contributed by atoms with van der Waals surface area (Å²) in [7, 11) is -4.04. The standard InChI is InChI=1S/C24H21FN2O2S2/c1-17-11-12-18(2)22(13-17)27-24(30-16-19-7-6-8-20(25)14-19)23(15-26)31(28,29)21-9-4-3-5-10-21/h3-14,27H,16H2,1-2H3/b24-23+. The van der Waals surface area contributed by atoms with E-state index in [9.17, 15) is 18.1 Å². The highest BCUT2D eigenvalue weighted by molar-refractivity contribution is 8.04. The molecule has 0 heterocycles. The number of anilines is 1. The van der Waals surface area contributed by atoms with Crippen LogP contribution in [0, 0.1) is 31.0 Å². The molecular formula is C24H21FN2O2S2. The zero-order valence-corrected chi connectivity index (χ0v) is 18.7. The van der Waals surface area contributed by atoms with Gasteiger partial charge in [-0.3, -0.25) is 0 Å². The van der Waals surface area contributed by atoms with E-state index in [-0.39, 0.29) is 20.6 Å². The molecule has 0 atom stereocenters. The lowest BCUT2D eigenvalue weighted by Gasteiger charge is -2.16. The van der Waals surface area contributed by atoms with Gasteiger partial charge >= 0.3 is 0 Å².